The molecule has 40 heavy (non-hydrogen) atoms. The third-order valence-corrected chi connectivity index (χ3v) is 8.33. The van der Waals surface area contributed by atoms with Gasteiger partial charge in [0.25, 0.3) is 0 Å². The fourth-order valence-corrected chi connectivity index (χ4v) is 6.49. The van der Waals surface area contributed by atoms with Gasteiger partial charge >= 0.3 is 0 Å². The van der Waals surface area contributed by atoms with Gasteiger partial charge in [-0.2, -0.15) is 0 Å². The molecule has 1 heterocycles. The lowest BCUT2D eigenvalue weighted by atomic mass is 9.89. The quantitative estimate of drug-likeness (QED) is 0.188. The molecule has 194 valence electrons. The Kier molecular flexibility index (Phi) is 6.26. The van der Waals surface area contributed by atoms with Crippen molar-refractivity contribution in [3.8, 4) is 0 Å². The van der Waals surface area contributed by atoms with E-state index in [-0.39, 0.29) is 5.78 Å². The molecule has 0 atom stereocenters. The molecule has 0 radical (unpaired) electrons. The Morgan fingerprint density at radius 2 is 0.925 bits per heavy atom. The van der Waals surface area contributed by atoms with Gasteiger partial charge in [0.1, 0.15) is 13.1 Å². The largest absolute Gasteiger partial charge is 0.327 e. The number of benzene rings is 6. The van der Waals surface area contributed by atoms with Crippen LogP contribution in [-0.2, 0) is 4.79 Å². The Labute approximate surface area is 234 Å². The van der Waals surface area contributed by atoms with E-state index in [1.165, 1.54) is 48.0 Å². The van der Waals surface area contributed by atoms with Crippen molar-refractivity contribution in [2.24, 2.45) is 0 Å². The molecule has 0 unspecified atom stereocenters. The van der Waals surface area contributed by atoms with E-state index in [2.05, 4.69) is 128 Å². The Bertz CT molecular complexity index is 1750. The van der Waals surface area contributed by atoms with Gasteiger partial charge in [0.15, 0.2) is 5.78 Å². The number of ketones is 1. The summed E-state index contributed by atoms with van der Waals surface area (Å²) in [5.41, 5.74) is 4.08. The second-order valence-corrected chi connectivity index (χ2v) is 11.0. The monoisotopic (exact) mass is 518 g/mol. The highest BCUT2D eigenvalue weighted by Gasteiger charge is 2.29. The highest BCUT2D eigenvalue weighted by Crippen LogP contribution is 2.33. The van der Waals surface area contributed by atoms with E-state index in [1.54, 1.807) is 0 Å². The number of hydrogen-bond donors (Lipinski definition) is 1. The molecule has 1 aliphatic heterocycles. The molecule has 0 aliphatic carbocycles. The molecule has 1 N–H and O–H groups in total. The molecule has 1 saturated heterocycles. The first-order valence-corrected chi connectivity index (χ1v) is 14.3. The normalized spacial score (nSPS) is 18.0. The van der Waals surface area contributed by atoms with Gasteiger partial charge in [-0.1, -0.05) is 104 Å². The molecular formula is C38H32NO+. The van der Waals surface area contributed by atoms with E-state index in [1.807, 2.05) is 0 Å². The maximum Gasteiger partial charge on any atom is 0.196 e. The van der Waals surface area contributed by atoms with Crippen LogP contribution in [0.25, 0.3) is 55.2 Å². The third-order valence-electron chi connectivity index (χ3n) is 8.33. The number of rotatable bonds is 4. The second-order valence-electron chi connectivity index (χ2n) is 11.0. The highest BCUT2D eigenvalue weighted by molar-refractivity contribution is 6.18. The Balaban J connectivity index is 1.44. The minimum atomic E-state index is 0.175. The summed E-state index contributed by atoms with van der Waals surface area (Å²) in [6, 6.07) is 38.6. The van der Waals surface area contributed by atoms with Crippen molar-refractivity contribution in [1.29, 1.82) is 0 Å². The second kappa shape index (κ2) is 10.2. The summed E-state index contributed by atoms with van der Waals surface area (Å²) in [6.45, 7) is 4.76. The van der Waals surface area contributed by atoms with Gasteiger partial charge in [0.05, 0.1) is 17.7 Å². The lowest BCUT2D eigenvalue weighted by Gasteiger charge is -2.27. The topological polar surface area (TPSA) is 21.5 Å². The van der Waals surface area contributed by atoms with Crippen molar-refractivity contribution in [3.63, 3.8) is 0 Å². The van der Waals surface area contributed by atoms with Gasteiger partial charge in [-0.05, 0) is 84.9 Å². The number of Topliss-reactive ketones (excluding diaryl/α,β-unsaturated/α-hetero) is 1. The minimum Gasteiger partial charge on any atom is -0.327 e. The van der Waals surface area contributed by atoms with Gasteiger partial charge in [-0.3, -0.25) is 4.79 Å². The molecule has 0 aromatic heterocycles. The molecule has 0 spiro atoms. The lowest BCUT2D eigenvalue weighted by molar-refractivity contribution is -0.891. The van der Waals surface area contributed by atoms with Crippen molar-refractivity contribution in [2.75, 3.05) is 19.6 Å². The maximum atomic E-state index is 14.3. The van der Waals surface area contributed by atoms with E-state index in [0.717, 1.165) is 48.3 Å². The molecule has 6 aromatic carbocycles. The first-order chi connectivity index (χ1) is 19.7. The maximum absolute atomic E-state index is 14.3. The van der Waals surface area contributed by atoms with Crippen LogP contribution < -0.4 is 4.90 Å². The van der Waals surface area contributed by atoms with Crippen LogP contribution in [0.15, 0.2) is 120 Å². The zero-order chi connectivity index (χ0) is 27.1. The van der Waals surface area contributed by atoms with E-state index in [9.17, 15) is 4.79 Å². The Hall–Kier alpha value is -4.53. The summed E-state index contributed by atoms with van der Waals surface area (Å²) in [7, 11) is 0. The van der Waals surface area contributed by atoms with Gasteiger partial charge in [-0.15, -0.1) is 0 Å². The number of piperidine rings is 1. The third kappa shape index (κ3) is 4.31. The summed E-state index contributed by atoms with van der Waals surface area (Å²) in [4.78, 5) is 15.7. The first-order valence-electron chi connectivity index (χ1n) is 14.3. The van der Waals surface area contributed by atoms with Crippen LogP contribution in [0.5, 0.6) is 0 Å². The van der Waals surface area contributed by atoms with Gasteiger partial charge < -0.3 is 4.90 Å². The number of quaternary nitrogens is 1. The molecule has 6 aromatic rings. The van der Waals surface area contributed by atoms with Crippen LogP contribution in [-0.4, -0.2) is 25.4 Å². The van der Waals surface area contributed by atoms with Crippen LogP contribution in [0.3, 0.4) is 0 Å². The molecule has 1 aliphatic rings. The van der Waals surface area contributed by atoms with Crippen molar-refractivity contribution in [2.45, 2.75) is 13.3 Å². The van der Waals surface area contributed by atoms with E-state index in [0.29, 0.717) is 0 Å². The summed E-state index contributed by atoms with van der Waals surface area (Å²) in [5, 5.41) is 9.56. The number of likely N-dealkylation sites (tertiary alicyclic amines) is 1. The molecule has 2 nitrogen and oxygen atoms in total. The molecular weight excluding hydrogens is 486 g/mol. The molecule has 0 amide bonds. The number of hydrogen-bond acceptors (Lipinski definition) is 1. The van der Waals surface area contributed by atoms with Crippen LogP contribution in [0, 0.1) is 0 Å². The van der Waals surface area contributed by atoms with Gasteiger partial charge in [0.2, 0.25) is 0 Å². The molecule has 7 rings (SSSR count). The zero-order valence-corrected chi connectivity index (χ0v) is 22.8. The van der Waals surface area contributed by atoms with Crippen LogP contribution in [0.1, 0.15) is 24.5 Å². The lowest BCUT2D eigenvalue weighted by Crippen LogP contribution is -3.13. The average molecular weight is 519 g/mol. The summed E-state index contributed by atoms with van der Waals surface area (Å²) in [6.07, 6.45) is 5.46. The minimum absolute atomic E-state index is 0.175. The van der Waals surface area contributed by atoms with Crippen LogP contribution in [0.2, 0.25) is 0 Å². The van der Waals surface area contributed by atoms with E-state index >= 15 is 0 Å². The fourth-order valence-electron chi connectivity index (χ4n) is 6.49. The zero-order valence-electron chi connectivity index (χ0n) is 22.8. The Morgan fingerprint density at radius 1 is 0.575 bits per heavy atom. The highest BCUT2D eigenvalue weighted by atomic mass is 16.1. The van der Waals surface area contributed by atoms with Gasteiger partial charge in [-0.25, -0.2) is 0 Å². The van der Waals surface area contributed by atoms with Crippen LogP contribution >= 0.6 is 0 Å². The molecule has 0 saturated carbocycles. The fraction of sp³-hybridized carbons (Fsp3) is 0.132. The first kappa shape index (κ1) is 24.5. The van der Waals surface area contributed by atoms with Crippen molar-refractivity contribution in [3.05, 3.63) is 131 Å². The van der Waals surface area contributed by atoms with E-state index in [4.69, 9.17) is 0 Å². The Morgan fingerprint density at radius 3 is 1.27 bits per heavy atom. The summed E-state index contributed by atoms with van der Waals surface area (Å²) in [5.74, 6) is 0.175. The SMILES string of the molecule is CCC[NH+]1C/C(=C\c2c3ccccc3cc3ccccc23)C(=O)/C(=C/c2c3ccccc3cc3ccccc23)C1. The summed E-state index contributed by atoms with van der Waals surface area (Å²) >= 11 is 0. The van der Waals surface area contributed by atoms with Crippen molar-refractivity contribution >= 4 is 61.0 Å². The van der Waals surface area contributed by atoms with Crippen molar-refractivity contribution < 1.29 is 9.69 Å². The molecule has 2 heteroatoms. The standard InChI is InChI=1S/C38H31NO/c1-2-19-39-24-30(22-36-32-15-7-3-11-26(32)20-27-12-4-8-16-33(27)36)38(40)31(25-39)23-37-34-17-9-5-13-28(34)21-29-14-6-10-18-35(29)37/h3-18,20-23H,2,19,24-25H2,1H3/p+1/b30-22+,31-23+. The average Bonchev–Trinajstić information content (AvgIpc) is 2.99. The van der Waals surface area contributed by atoms with E-state index < -0.39 is 0 Å². The van der Waals surface area contributed by atoms with Crippen molar-refractivity contribution in [1.82, 2.24) is 0 Å². The number of fused-ring (bicyclic) bond motifs is 4. The smallest absolute Gasteiger partial charge is 0.196 e. The molecule has 1 fully saturated rings. The number of carbonyl (C=O) groups is 1. The number of nitrogens with one attached hydrogen (secondary N) is 1. The molecule has 0 bridgehead atoms. The summed E-state index contributed by atoms with van der Waals surface area (Å²) < 4.78 is 0. The van der Waals surface area contributed by atoms with Gasteiger partial charge in [0, 0.05) is 0 Å². The number of carbonyl (C=O) groups excluding carboxylic acids is 1. The predicted octanol–water partition coefficient (Wildman–Crippen LogP) is 7.64. The van der Waals surface area contributed by atoms with Crippen LogP contribution in [0.4, 0.5) is 0 Å². The predicted molar refractivity (Wildman–Crippen MR) is 170 cm³/mol.